The number of aliphatic hydroxyl groups excluding tert-OH is 1. The van der Waals surface area contributed by atoms with Crippen molar-refractivity contribution in [1.82, 2.24) is 4.98 Å². The lowest BCUT2D eigenvalue weighted by Crippen LogP contribution is -2.13. The second kappa shape index (κ2) is 6.89. The van der Waals surface area contributed by atoms with E-state index in [1.165, 1.54) is 0 Å². The van der Waals surface area contributed by atoms with Crippen LogP contribution in [0.25, 0.3) is 0 Å². The molecule has 4 nitrogen and oxygen atoms in total. The fraction of sp³-hybridized carbons (Fsp3) is 0.125. The summed E-state index contributed by atoms with van der Waals surface area (Å²) < 4.78 is 0. The number of halogens is 1. The van der Waals surface area contributed by atoms with Crippen molar-refractivity contribution < 1.29 is 9.90 Å². The second-order valence-corrected chi connectivity index (χ2v) is 4.69. The maximum atomic E-state index is 12.1. The Hall–Kier alpha value is -2.35. The number of aliphatic hydroxyl groups is 1. The molecule has 0 spiro atoms. The average molecular weight is 301 g/mol. The third-order valence-electron chi connectivity index (χ3n) is 2.72. The zero-order valence-electron chi connectivity index (χ0n) is 11.4. The topological polar surface area (TPSA) is 62.2 Å². The van der Waals surface area contributed by atoms with Gasteiger partial charge in [0.25, 0.3) is 5.91 Å². The van der Waals surface area contributed by atoms with E-state index in [2.05, 4.69) is 22.1 Å². The zero-order chi connectivity index (χ0) is 15.2. The largest absolute Gasteiger partial charge is 0.384 e. The normalized spacial score (nSPS) is 9.67. The van der Waals surface area contributed by atoms with Crippen LogP contribution >= 0.6 is 11.6 Å². The van der Waals surface area contributed by atoms with Crippen LogP contribution in [0.3, 0.4) is 0 Å². The van der Waals surface area contributed by atoms with Crippen molar-refractivity contribution in [1.29, 1.82) is 0 Å². The highest BCUT2D eigenvalue weighted by Crippen LogP contribution is 2.17. The van der Waals surface area contributed by atoms with Crippen LogP contribution < -0.4 is 5.32 Å². The fourth-order valence-electron chi connectivity index (χ4n) is 1.63. The molecule has 106 valence electrons. The minimum atomic E-state index is -0.295. The van der Waals surface area contributed by atoms with E-state index in [9.17, 15) is 4.79 Å². The van der Waals surface area contributed by atoms with Gasteiger partial charge in [-0.3, -0.25) is 4.79 Å². The van der Waals surface area contributed by atoms with Gasteiger partial charge in [-0.25, -0.2) is 4.98 Å². The number of nitrogens with zero attached hydrogens (tertiary/aromatic N) is 1. The van der Waals surface area contributed by atoms with Crippen LogP contribution in [-0.4, -0.2) is 22.6 Å². The number of carbonyl (C=O) groups excluding carboxylic acids is 1. The third kappa shape index (κ3) is 4.06. The summed E-state index contributed by atoms with van der Waals surface area (Å²) in [6, 6.07) is 10.2. The van der Waals surface area contributed by atoms with E-state index in [-0.39, 0.29) is 12.5 Å². The first-order valence-corrected chi connectivity index (χ1v) is 6.62. The molecule has 2 aromatic rings. The van der Waals surface area contributed by atoms with Gasteiger partial charge in [-0.05, 0) is 42.7 Å². The molecular weight excluding hydrogens is 288 g/mol. The molecule has 21 heavy (non-hydrogen) atoms. The first-order valence-electron chi connectivity index (χ1n) is 6.24. The predicted octanol–water partition coefficient (Wildman–Crippen LogP) is 2.64. The minimum absolute atomic E-state index is 0.236. The number of amides is 1. The highest BCUT2D eigenvalue weighted by atomic mass is 35.5. The summed E-state index contributed by atoms with van der Waals surface area (Å²) in [5.41, 5.74) is 1.84. The molecule has 0 fully saturated rings. The number of rotatable bonds is 2. The highest BCUT2D eigenvalue weighted by molar-refractivity contribution is 6.31. The molecule has 5 heteroatoms. The van der Waals surface area contributed by atoms with Crippen molar-refractivity contribution >= 4 is 23.3 Å². The number of carbonyl (C=O) groups is 1. The van der Waals surface area contributed by atoms with E-state index < -0.39 is 0 Å². The van der Waals surface area contributed by atoms with Crippen LogP contribution in [0.5, 0.6) is 0 Å². The minimum Gasteiger partial charge on any atom is -0.384 e. The number of aromatic nitrogens is 1. The number of pyridine rings is 1. The van der Waals surface area contributed by atoms with E-state index in [1.807, 2.05) is 6.92 Å². The Morgan fingerprint density at radius 2 is 2.19 bits per heavy atom. The smallest absolute Gasteiger partial charge is 0.256 e. The van der Waals surface area contributed by atoms with Gasteiger partial charge in [0.2, 0.25) is 0 Å². The van der Waals surface area contributed by atoms with Crippen molar-refractivity contribution in [3.8, 4) is 11.8 Å². The van der Waals surface area contributed by atoms with Gasteiger partial charge in [-0.1, -0.05) is 29.7 Å². The molecule has 1 aromatic heterocycles. The number of benzene rings is 1. The molecule has 0 aliphatic heterocycles. The number of aryl methyl sites for hydroxylation is 1. The van der Waals surface area contributed by atoms with Crippen LogP contribution in [0.4, 0.5) is 5.82 Å². The summed E-state index contributed by atoms with van der Waals surface area (Å²) in [5.74, 6) is 5.28. The monoisotopic (exact) mass is 300 g/mol. The molecule has 0 atom stereocenters. The van der Waals surface area contributed by atoms with Crippen LogP contribution in [0.1, 0.15) is 21.6 Å². The Balaban J connectivity index is 2.17. The first kappa shape index (κ1) is 15.0. The Kier molecular flexibility index (Phi) is 4.94. The summed E-state index contributed by atoms with van der Waals surface area (Å²) in [6.45, 7) is 1.63. The van der Waals surface area contributed by atoms with Gasteiger partial charge in [-0.2, -0.15) is 0 Å². The molecule has 2 rings (SSSR count). The van der Waals surface area contributed by atoms with Gasteiger partial charge >= 0.3 is 0 Å². The summed E-state index contributed by atoms with van der Waals surface area (Å²) in [4.78, 5) is 16.3. The second-order valence-electron chi connectivity index (χ2n) is 4.29. The zero-order valence-corrected chi connectivity index (χ0v) is 12.1. The van der Waals surface area contributed by atoms with Crippen molar-refractivity contribution in [2.45, 2.75) is 6.92 Å². The van der Waals surface area contributed by atoms with Gasteiger partial charge in [0, 0.05) is 10.6 Å². The van der Waals surface area contributed by atoms with Crippen molar-refractivity contribution in [3.63, 3.8) is 0 Å². The molecule has 1 heterocycles. The van der Waals surface area contributed by atoms with Gasteiger partial charge in [-0.15, -0.1) is 0 Å². The van der Waals surface area contributed by atoms with Crippen LogP contribution in [0, 0.1) is 18.8 Å². The average Bonchev–Trinajstić information content (AvgIpc) is 2.48. The highest BCUT2D eigenvalue weighted by Gasteiger charge is 2.08. The SMILES string of the molecule is Cc1ccc(C(=O)Nc2cccc(C#CCO)n2)cc1Cl. The number of nitrogens with one attached hydrogen (secondary N) is 1. The maximum Gasteiger partial charge on any atom is 0.256 e. The van der Waals surface area contributed by atoms with Crippen molar-refractivity contribution in [3.05, 3.63) is 58.2 Å². The Morgan fingerprint density at radius 1 is 1.38 bits per heavy atom. The lowest BCUT2D eigenvalue weighted by atomic mass is 10.1. The molecule has 0 radical (unpaired) electrons. The lowest BCUT2D eigenvalue weighted by Gasteiger charge is -2.06. The van der Waals surface area contributed by atoms with Crippen molar-refractivity contribution in [2.24, 2.45) is 0 Å². The third-order valence-corrected chi connectivity index (χ3v) is 3.13. The molecule has 1 amide bonds. The van der Waals surface area contributed by atoms with E-state index in [4.69, 9.17) is 16.7 Å². The molecule has 2 N–H and O–H groups in total. The lowest BCUT2D eigenvalue weighted by molar-refractivity contribution is 0.102. The van der Waals surface area contributed by atoms with Crippen molar-refractivity contribution in [2.75, 3.05) is 11.9 Å². The summed E-state index contributed by atoms with van der Waals surface area (Å²) in [7, 11) is 0. The number of hydrogen-bond acceptors (Lipinski definition) is 3. The Labute approximate surface area is 127 Å². The molecule has 0 saturated carbocycles. The number of hydrogen-bond donors (Lipinski definition) is 2. The quantitative estimate of drug-likeness (QED) is 0.838. The van der Waals surface area contributed by atoms with Gasteiger partial charge in [0.15, 0.2) is 0 Å². The predicted molar refractivity (Wildman–Crippen MR) is 82.3 cm³/mol. The molecule has 0 saturated heterocycles. The molecule has 0 unspecified atom stereocenters. The Bertz CT molecular complexity index is 733. The van der Waals surface area contributed by atoms with E-state index >= 15 is 0 Å². The first-order chi connectivity index (χ1) is 10.1. The maximum absolute atomic E-state index is 12.1. The molecule has 0 aliphatic carbocycles. The molecule has 1 aromatic carbocycles. The van der Waals surface area contributed by atoms with Gasteiger partial charge in [0.05, 0.1) is 0 Å². The number of anilines is 1. The van der Waals surface area contributed by atoms with Crippen LogP contribution in [-0.2, 0) is 0 Å². The van der Waals surface area contributed by atoms with E-state index in [0.29, 0.717) is 22.1 Å². The van der Waals surface area contributed by atoms with E-state index in [0.717, 1.165) is 5.56 Å². The molecule has 0 aliphatic rings. The van der Waals surface area contributed by atoms with Crippen LogP contribution in [0.2, 0.25) is 5.02 Å². The summed E-state index contributed by atoms with van der Waals surface area (Å²) in [6.07, 6.45) is 0. The fourth-order valence-corrected chi connectivity index (χ4v) is 1.81. The summed E-state index contributed by atoms with van der Waals surface area (Å²) in [5, 5.41) is 11.9. The summed E-state index contributed by atoms with van der Waals surface area (Å²) >= 11 is 6.01. The standard InChI is InChI=1S/C16H13ClN2O2/c1-11-7-8-12(10-14(11)17)16(21)19-15-6-2-4-13(18-15)5-3-9-20/h2,4,6-8,10,20H,9H2,1H3,(H,18,19,21). The molecule has 0 bridgehead atoms. The van der Waals surface area contributed by atoms with E-state index in [1.54, 1.807) is 36.4 Å². The van der Waals surface area contributed by atoms with Crippen LogP contribution in [0.15, 0.2) is 36.4 Å². The molecular formula is C16H13ClN2O2. The van der Waals surface area contributed by atoms with Gasteiger partial charge in [0.1, 0.15) is 18.1 Å². The Morgan fingerprint density at radius 3 is 2.90 bits per heavy atom. The van der Waals surface area contributed by atoms with Gasteiger partial charge < -0.3 is 10.4 Å².